The van der Waals surface area contributed by atoms with Crippen LogP contribution in [0.4, 0.5) is 0 Å². The average Bonchev–Trinajstić information content (AvgIpc) is 2.92. The molecule has 2 rings (SSSR count). The number of carbonyl (C=O) groups excluding carboxylic acids is 5. The van der Waals surface area contributed by atoms with Crippen molar-refractivity contribution >= 4 is 35.5 Å². The molecule has 0 bridgehead atoms. The van der Waals surface area contributed by atoms with Gasteiger partial charge in [0.15, 0.2) is 5.96 Å². The summed E-state index contributed by atoms with van der Waals surface area (Å²) in [6, 6.07) is 5.23. The molecule has 1 heterocycles. The predicted molar refractivity (Wildman–Crippen MR) is 151 cm³/mol. The SMILES string of the molecule is CCCCCC1NC(=O)[C@H](Cc2ccccc2)NC(=O)[C@@H](C)NC(=O)CNC(=O)[C@H](CCCN=C(N)N)NC1=O. The minimum atomic E-state index is -1.00. The van der Waals surface area contributed by atoms with E-state index in [0.717, 1.165) is 18.4 Å². The van der Waals surface area contributed by atoms with Gasteiger partial charge in [-0.3, -0.25) is 29.0 Å². The summed E-state index contributed by atoms with van der Waals surface area (Å²) >= 11 is 0. The molecule has 1 saturated heterocycles. The molecule has 0 radical (unpaired) electrons. The lowest BCUT2D eigenvalue weighted by molar-refractivity contribution is -0.134. The van der Waals surface area contributed by atoms with Crippen LogP contribution in [0, 0.1) is 0 Å². The molecular weight excluding hydrogens is 516 g/mol. The highest BCUT2D eigenvalue weighted by molar-refractivity contribution is 5.97. The van der Waals surface area contributed by atoms with Gasteiger partial charge < -0.3 is 38.1 Å². The molecule has 1 fully saturated rings. The van der Waals surface area contributed by atoms with Gasteiger partial charge in [0, 0.05) is 13.0 Å². The average molecular weight is 559 g/mol. The van der Waals surface area contributed by atoms with Crippen LogP contribution in [-0.4, -0.2) is 72.8 Å². The van der Waals surface area contributed by atoms with Gasteiger partial charge in [-0.05, 0) is 31.7 Å². The number of aliphatic imine (C=N–C) groups is 1. The Hall–Kier alpha value is -4.16. The largest absolute Gasteiger partial charge is 0.370 e. The van der Waals surface area contributed by atoms with E-state index in [-0.39, 0.29) is 25.3 Å². The number of rotatable bonds is 10. The second-order valence-corrected chi connectivity index (χ2v) is 9.82. The predicted octanol–water partition coefficient (Wildman–Crippen LogP) is -1.05. The van der Waals surface area contributed by atoms with E-state index >= 15 is 0 Å². The van der Waals surface area contributed by atoms with Crippen molar-refractivity contribution in [2.45, 2.75) is 83.0 Å². The minimum absolute atomic E-state index is 0.0896. The van der Waals surface area contributed by atoms with E-state index < -0.39 is 60.2 Å². The summed E-state index contributed by atoms with van der Waals surface area (Å²) in [5, 5.41) is 13.2. The maximum Gasteiger partial charge on any atom is 0.243 e. The fourth-order valence-electron chi connectivity index (χ4n) is 4.19. The number of carbonyl (C=O) groups is 5. The van der Waals surface area contributed by atoms with Crippen molar-refractivity contribution in [3.8, 4) is 0 Å². The van der Waals surface area contributed by atoms with Gasteiger partial charge in [-0.25, -0.2) is 0 Å². The Morgan fingerprint density at radius 3 is 2.05 bits per heavy atom. The summed E-state index contributed by atoms with van der Waals surface area (Å²) in [6.07, 6.45) is 3.51. The van der Waals surface area contributed by atoms with E-state index in [4.69, 9.17) is 11.5 Å². The Kier molecular flexibility index (Phi) is 13.4. The van der Waals surface area contributed by atoms with Gasteiger partial charge in [-0.2, -0.15) is 0 Å². The molecule has 0 aliphatic carbocycles. The van der Waals surface area contributed by atoms with Gasteiger partial charge in [0.25, 0.3) is 0 Å². The number of guanidine groups is 1. The van der Waals surface area contributed by atoms with Crippen molar-refractivity contribution in [2.75, 3.05) is 13.1 Å². The molecule has 220 valence electrons. The number of nitrogens with one attached hydrogen (secondary N) is 5. The Labute approximate surface area is 234 Å². The standard InChI is InChI=1S/C27H42N8O5/c1-3-4-6-12-20-25(39)33-19(13-9-14-30-27(28)29)24(38)31-16-22(36)32-17(2)23(37)35-21(26(40)34-20)15-18-10-7-5-8-11-18/h5,7-8,10-11,17,19-21H,3-4,6,9,12-16H2,1-2H3,(H,31,38)(H,32,36)(H,33,39)(H,34,40)(H,35,37)(H4,28,29,30)/t17-,19+,20?,21+/m1/s1. The van der Waals surface area contributed by atoms with Crippen molar-refractivity contribution in [1.29, 1.82) is 0 Å². The zero-order valence-electron chi connectivity index (χ0n) is 23.2. The molecule has 0 spiro atoms. The van der Waals surface area contributed by atoms with Crippen LogP contribution in [0.25, 0.3) is 0 Å². The van der Waals surface area contributed by atoms with Gasteiger partial charge in [0.05, 0.1) is 6.54 Å². The van der Waals surface area contributed by atoms with Gasteiger partial charge in [-0.1, -0.05) is 56.5 Å². The first-order chi connectivity index (χ1) is 19.1. The second kappa shape index (κ2) is 16.7. The zero-order chi connectivity index (χ0) is 29.5. The maximum atomic E-state index is 13.5. The first kappa shape index (κ1) is 32.1. The topological polar surface area (TPSA) is 210 Å². The molecule has 1 aliphatic rings. The summed E-state index contributed by atoms with van der Waals surface area (Å²) in [5.74, 6) is -2.93. The number of hydrogen-bond acceptors (Lipinski definition) is 6. The Balaban J connectivity index is 2.35. The monoisotopic (exact) mass is 558 g/mol. The highest BCUT2D eigenvalue weighted by Gasteiger charge is 2.31. The fourth-order valence-corrected chi connectivity index (χ4v) is 4.19. The number of benzene rings is 1. The molecule has 1 aliphatic heterocycles. The number of nitrogens with zero attached hydrogens (tertiary/aromatic N) is 1. The molecule has 0 saturated carbocycles. The van der Waals surface area contributed by atoms with Crippen molar-refractivity contribution in [3.63, 3.8) is 0 Å². The minimum Gasteiger partial charge on any atom is -0.370 e. The molecule has 1 aromatic carbocycles. The normalized spacial score (nSPS) is 22.9. The van der Waals surface area contributed by atoms with Gasteiger partial charge in [-0.15, -0.1) is 0 Å². The van der Waals surface area contributed by atoms with Crippen molar-refractivity contribution < 1.29 is 24.0 Å². The third-order valence-corrected chi connectivity index (χ3v) is 6.42. The number of nitrogens with two attached hydrogens (primary N) is 2. The van der Waals surface area contributed by atoms with Crippen molar-refractivity contribution in [3.05, 3.63) is 35.9 Å². The molecule has 40 heavy (non-hydrogen) atoms. The van der Waals surface area contributed by atoms with Crippen LogP contribution in [0.15, 0.2) is 35.3 Å². The summed E-state index contributed by atoms with van der Waals surface area (Å²) in [5.41, 5.74) is 11.5. The Morgan fingerprint density at radius 1 is 0.800 bits per heavy atom. The zero-order valence-corrected chi connectivity index (χ0v) is 23.2. The number of hydrogen-bond donors (Lipinski definition) is 7. The van der Waals surface area contributed by atoms with E-state index in [1.165, 1.54) is 6.92 Å². The van der Waals surface area contributed by atoms with Crippen LogP contribution < -0.4 is 38.1 Å². The summed E-state index contributed by atoms with van der Waals surface area (Å²) in [6.45, 7) is 3.34. The Morgan fingerprint density at radius 2 is 1.40 bits per heavy atom. The summed E-state index contributed by atoms with van der Waals surface area (Å²) < 4.78 is 0. The van der Waals surface area contributed by atoms with Crippen LogP contribution in [0.1, 0.15) is 57.9 Å². The molecular formula is C27H42N8O5. The van der Waals surface area contributed by atoms with Gasteiger partial charge in [0.1, 0.15) is 24.2 Å². The molecule has 5 amide bonds. The highest BCUT2D eigenvalue weighted by Crippen LogP contribution is 2.09. The van der Waals surface area contributed by atoms with E-state index in [9.17, 15) is 24.0 Å². The van der Waals surface area contributed by atoms with Crippen LogP contribution in [0.2, 0.25) is 0 Å². The third-order valence-electron chi connectivity index (χ3n) is 6.42. The lowest BCUT2D eigenvalue weighted by Crippen LogP contribution is -2.57. The molecule has 13 nitrogen and oxygen atoms in total. The van der Waals surface area contributed by atoms with Crippen LogP contribution >= 0.6 is 0 Å². The van der Waals surface area contributed by atoms with E-state index in [1.54, 1.807) is 0 Å². The van der Waals surface area contributed by atoms with E-state index in [2.05, 4.69) is 31.6 Å². The summed E-state index contributed by atoms with van der Waals surface area (Å²) in [4.78, 5) is 69.1. The quantitative estimate of drug-likeness (QED) is 0.107. The van der Waals surface area contributed by atoms with E-state index in [1.807, 2.05) is 37.3 Å². The summed E-state index contributed by atoms with van der Waals surface area (Å²) in [7, 11) is 0. The van der Waals surface area contributed by atoms with Gasteiger partial charge in [0.2, 0.25) is 29.5 Å². The highest BCUT2D eigenvalue weighted by atomic mass is 16.2. The molecule has 0 aromatic heterocycles. The molecule has 1 aromatic rings. The maximum absolute atomic E-state index is 13.5. The molecule has 1 unspecified atom stereocenters. The van der Waals surface area contributed by atoms with Crippen LogP contribution in [-0.2, 0) is 30.4 Å². The first-order valence-electron chi connectivity index (χ1n) is 13.7. The third kappa shape index (κ3) is 11.3. The number of unbranched alkanes of at least 4 members (excludes halogenated alkanes) is 2. The lowest BCUT2D eigenvalue weighted by atomic mass is 10.0. The molecule has 4 atom stereocenters. The molecule has 9 N–H and O–H groups in total. The molecule has 13 heteroatoms. The van der Waals surface area contributed by atoms with E-state index in [0.29, 0.717) is 19.3 Å². The Bertz CT molecular complexity index is 1040. The van der Waals surface area contributed by atoms with Gasteiger partial charge >= 0.3 is 0 Å². The first-order valence-corrected chi connectivity index (χ1v) is 13.7. The second-order valence-electron chi connectivity index (χ2n) is 9.82. The smallest absolute Gasteiger partial charge is 0.243 e. The van der Waals surface area contributed by atoms with Crippen molar-refractivity contribution in [2.24, 2.45) is 16.5 Å². The van der Waals surface area contributed by atoms with Crippen LogP contribution in [0.5, 0.6) is 0 Å². The van der Waals surface area contributed by atoms with Crippen LogP contribution in [0.3, 0.4) is 0 Å². The van der Waals surface area contributed by atoms with Crippen molar-refractivity contribution in [1.82, 2.24) is 26.6 Å². The fraction of sp³-hybridized carbons (Fsp3) is 0.556. The number of amides is 5. The lowest BCUT2D eigenvalue weighted by Gasteiger charge is -2.25.